The largest absolute Gasteiger partial charge is 0.633 e. The number of hydroxylamine groups is 3. The number of quaternary nitrogens is 1. The Hall–Kier alpha value is -0.0800. The number of nitrogens with zero attached hydrogens (tertiary/aromatic N) is 1. The summed E-state index contributed by atoms with van der Waals surface area (Å²) in [5.74, 6) is 0. The molecule has 0 rings (SSSR count). The minimum Gasteiger partial charge on any atom is -0.633 e. The van der Waals surface area contributed by atoms with Gasteiger partial charge in [0, 0.05) is 0 Å². The lowest BCUT2D eigenvalue weighted by Gasteiger charge is -2.41. The first kappa shape index (κ1) is 35.9. The van der Waals surface area contributed by atoms with Crippen LogP contribution in [0.25, 0.3) is 0 Å². The maximum atomic E-state index is 12.2. The molecule has 0 aromatic rings. The van der Waals surface area contributed by atoms with Gasteiger partial charge in [0.15, 0.2) is 0 Å². The Morgan fingerprint density at radius 2 is 0.500 bits per heavy atom. The molecule has 0 aliphatic heterocycles. The average Bonchev–Trinajstić information content (AvgIpc) is 2.90. The number of hydrogen-bond acceptors (Lipinski definition) is 1. The van der Waals surface area contributed by atoms with Crippen LogP contribution in [-0.2, 0) is 0 Å². The van der Waals surface area contributed by atoms with Crippen LogP contribution in [0.1, 0.15) is 201 Å². The summed E-state index contributed by atoms with van der Waals surface area (Å²) in [4.78, 5) is 0. The van der Waals surface area contributed by atoms with Crippen LogP contribution in [0.2, 0.25) is 0 Å². The lowest BCUT2D eigenvalue weighted by Crippen LogP contribution is -2.42. The molecule has 0 atom stereocenters. The molecule has 2 heteroatoms. The molecule has 0 aromatic heterocycles. The van der Waals surface area contributed by atoms with Crippen LogP contribution in [0, 0.1) is 5.21 Å². The van der Waals surface area contributed by atoms with E-state index in [2.05, 4.69) is 6.92 Å². The van der Waals surface area contributed by atoms with E-state index in [0.717, 1.165) is 26.1 Å². The Bertz CT molecular complexity index is 393. The van der Waals surface area contributed by atoms with Crippen molar-refractivity contribution in [2.75, 3.05) is 19.6 Å². The molecule has 0 bridgehead atoms. The standard InChI is InChI=1S/C34H71NO/c1-4-7-8-9-10-11-12-13-14-15-16-17-18-19-20-21-22-23-24-25-26-27-28-29-30-31-32-33-34-35(36,5-2)6-3/h4-34H2,1-3H3. The van der Waals surface area contributed by atoms with Crippen molar-refractivity contribution in [3.8, 4) is 0 Å². The Labute approximate surface area is 230 Å². The van der Waals surface area contributed by atoms with Crippen LogP contribution in [0.15, 0.2) is 0 Å². The summed E-state index contributed by atoms with van der Waals surface area (Å²) in [6.07, 6.45) is 40.1. The highest BCUT2D eigenvalue weighted by atomic mass is 16.5. The van der Waals surface area contributed by atoms with Gasteiger partial charge in [-0.1, -0.05) is 174 Å². The molecule has 0 amide bonds. The normalized spacial score (nSPS) is 12.0. The average molecular weight is 510 g/mol. The fourth-order valence-corrected chi connectivity index (χ4v) is 5.61. The molecule has 0 radical (unpaired) electrons. The van der Waals surface area contributed by atoms with Crippen LogP contribution >= 0.6 is 0 Å². The zero-order valence-corrected chi connectivity index (χ0v) is 25.8. The molecule has 0 N–H and O–H groups in total. The SMILES string of the molecule is CCCCCCCCCCCCCCCCCCCCCCCCCCCCCC[N+]([O-])(CC)CC. The molecule has 0 saturated carbocycles. The molecule has 0 aromatic carbocycles. The van der Waals surface area contributed by atoms with Gasteiger partial charge in [-0.3, -0.25) is 0 Å². The zero-order valence-electron chi connectivity index (χ0n) is 25.8. The summed E-state index contributed by atoms with van der Waals surface area (Å²) >= 11 is 0. The lowest BCUT2D eigenvalue weighted by atomic mass is 10.0. The van der Waals surface area contributed by atoms with E-state index in [0.29, 0.717) is 0 Å². The van der Waals surface area contributed by atoms with Gasteiger partial charge in [-0.25, -0.2) is 0 Å². The van der Waals surface area contributed by atoms with E-state index in [4.69, 9.17) is 0 Å². The van der Waals surface area contributed by atoms with Crippen LogP contribution in [0.4, 0.5) is 0 Å². The maximum Gasteiger partial charge on any atom is 0.0783 e. The van der Waals surface area contributed by atoms with Gasteiger partial charge < -0.3 is 9.85 Å². The highest BCUT2D eigenvalue weighted by molar-refractivity contribution is 4.52. The predicted octanol–water partition coefficient (Wildman–Crippen LogP) is 12.3. The molecule has 2 nitrogen and oxygen atoms in total. The summed E-state index contributed by atoms with van der Waals surface area (Å²) in [5.41, 5.74) is 0. The van der Waals surface area contributed by atoms with E-state index >= 15 is 0 Å². The van der Waals surface area contributed by atoms with E-state index < -0.39 is 0 Å². The first-order valence-electron chi connectivity index (χ1n) is 17.3. The third-order valence-corrected chi connectivity index (χ3v) is 8.57. The van der Waals surface area contributed by atoms with Gasteiger partial charge in [-0.2, -0.15) is 0 Å². The molecule has 0 aliphatic carbocycles. The van der Waals surface area contributed by atoms with Crippen molar-refractivity contribution in [2.45, 2.75) is 201 Å². The van der Waals surface area contributed by atoms with Crippen LogP contribution in [0.3, 0.4) is 0 Å². The van der Waals surface area contributed by atoms with Crippen molar-refractivity contribution in [1.82, 2.24) is 0 Å². The number of unbranched alkanes of at least 4 members (excludes halogenated alkanes) is 27. The highest BCUT2D eigenvalue weighted by Crippen LogP contribution is 2.16. The molecule has 36 heavy (non-hydrogen) atoms. The minimum atomic E-state index is 0.0134. The van der Waals surface area contributed by atoms with Crippen molar-refractivity contribution in [1.29, 1.82) is 0 Å². The summed E-state index contributed by atoms with van der Waals surface area (Å²) < 4.78 is 0.0134. The summed E-state index contributed by atoms with van der Waals surface area (Å²) in [6, 6.07) is 0. The van der Waals surface area contributed by atoms with E-state index in [-0.39, 0.29) is 4.65 Å². The zero-order chi connectivity index (χ0) is 26.4. The van der Waals surface area contributed by atoms with Crippen LogP contribution < -0.4 is 0 Å². The number of hydrogen-bond donors (Lipinski definition) is 0. The summed E-state index contributed by atoms with van der Waals surface area (Å²) in [5, 5.41) is 12.2. The van der Waals surface area contributed by atoms with Gasteiger partial charge in [0.25, 0.3) is 0 Å². The summed E-state index contributed by atoms with van der Waals surface area (Å²) in [7, 11) is 0. The topological polar surface area (TPSA) is 23.1 Å². The first-order valence-corrected chi connectivity index (χ1v) is 17.3. The van der Waals surface area contributed by atoms with Gasteiger partial charge in [0.05, 0.1) is 19.6 Å². The maximum absolute atomic E-state index is 12.2. The van der Waals surface area contributed by atoms with E-state index in [9.17, 15) is 5.21 Å². The monoisotopic (exact) mass is 510 g/mol. The molecule has 0 fully saturated rings. The van der Waals surface area contributed by atoms with Gasteiger partial charge >= 0.3 is 0 Å². The Morgan fingerprint density at radius 1 is 0.306 bits per heavy atom. The van der Waals surface area contributed by atoms with Gasteiger partial charge in [0.1, 0.15) is 0 Å². The van der Waals surface area contributed by atoms with E-state index in [1.165, 1.54) is 173 Å². The second kappa shape index (κ2) is 29.5. The second-order valence-electron chi connectivity index (χ2n) is 12.0. The van der Waals surface area contributed by atoms with Gasteiger partial charge in [-0.05, 0) is 26.7 Å². The Kier molecular flexibility index (Phi) is 29.4. The molecular formula is C34H71NO. The smallest absolute Gasteiger partial charge is 0.0783 e. The predicted molar refractivity (Wildman–Crippen MR) is 165 cm³/mol. The Balaban J connectivity index is 3.09. The van der Waals surface area contributed by atoms with Crippen molar-refractivity contribution in [2.24, 2.45) is 0 Å². The fourth-order valence-electron chi connectivity index (χ4n) is 5.61. The third kappa shape index (κ3) is 27.0. The quantitative estimate of drug-likeness (QED) is 0.0517. The molecule has 0 aliphatic rings. The lowest BCUT2D eigenvalue weighted by molar-refractivity contribution is -0.877. The third-order valence-electron chi connectivity index (χ3n) is 8.57. The van der Waals surface area contributed by atoms with Crippen LogP contribution in [-0.4, -0.2) is 24.3 Å². The molecule has 218 valence electrons. The molecule has 0 saturated heterocycles. The fraction of sp³-hybridized carbons (Fsp3) is 1.00. The highest BCUT2D eigenvalue weighted by Gasteiger charge is 2.09. The van der Waals surface area contributed by atoms with Crippen molar-refractivity contribution >= 4 is 0 Å². The molecule has 0 unspecified atom stereocenters. The van der Waals surface area contributed by atoms with Gasteiger partial charge in [0.2, 0.25) is 0 Å². The Morgan fingerprint density at radius 3 is 0.694 bits per heavy atom. The molecule has 0 spiro atoms. The molecule has 0 heterocycles. The summed E-state index contributed by atoms with van der Waals surface area (Å²) in [6.45, 7) is 8.64. The molecular weight excluding hydrogens is 438 g/mol. The first-order chi connectivity index (χ1) is 17.7. The van der Waals surface area contributed by atoms with E-state index in [1.54, 1.807) is 0 Å². The minimum absolute atomic E-state index is 0.0134. The van der Waals surface area contributed by atoms with Crippen molar-refractivity contribution in [3.05, 3.63) is 5.21 Å². The van der Waals surface area contributed by atoms with Crippen molar-refractivity contribution < 1.29 is 4.65 Å². The van der Waals surface area contributed by atoms with E-state index in [1.807, 2.05) is 13.8 Å². The second-order valence-corrected chi connectivity index (χ2v) is 12.0. The van der Waals surface area contributed by atoms with Crippen LogP contribution in [0.5, 0.6) is 0 Å². The van der Waals surface area contributed by atoms with Gasteiger partial charge in [-0.15, -0.1) is 0 Å². The van der Waals surface area contributed by atoms with Crippen molar-refractivity contribution in [3.63, 3.8) is 0 Å². The number of rotatable bonds is 31.